The van der Waals surface area contributed by atoms with Crippen molar-refractivity contribution >= 4 is 28.0 Å². The first-order valence-electron chi connectivity index (χ1n) is 9.48. The lowest BCUT2D eigenvalue weighted by molar-refractivity contribution is 0.0191. The Bertz CT molecular complexity index is 863. The van der Waals surface area contributed by atoms with Crippen molar-refractivity contribution in [3.8, 4) is 0 Å². The fourth-order valence-electron chi connectivity index (χ4n) is 3.13. The molecule has 1 aromatic heterocycles. The van der Waals surface area contributed by atoms with Crippen LogP contribution in [0.25, 0.3) is 0 Å². The van der Waals surface area contributed by atoms with Gasteiger partial charge in [0.2, 0.25) is 10.0 Å². The van der Waals surface area contributed by atoms with Gasteiger partial charge in [-0.25, -0.2) is 18.0 Å². The summed E-state index contributed by atoms with van der Waals surface area (Å²) in [4.78, 5) is 27.3. The molecule has 11 nitrogen and oxygen atoms in total. The summed E-state index contributed by atoms with van der Waals surface area (Å²) in [5.41, 5.74) is -0.592. The molecule has 162 valence electrons. The van der Waals surface area contributed by atoms with Crippen LogP contribution in [0.3, 0.4) is 0 Å². The summed E-state index contributed by atoms with van der Waals surface area (Å²) >= 11 is 0. The molecule has 0 spiro atoms. The highest BCUT2D eigenvalue weighted by Gasteiger charge is 2.44. The van der Waals surface area contributed by atoms with Crippen molar-refractivity contribution in [2.45, 2.75) is 31.6 Å². The van der Waals surface area contributed by atoms with Crippen LogP contribution in [0.1, 0.15) is 20.8 Å². The van der Waals surface area contributed by atoms with Crippen LogP contribution in [-0.4, -0.2) is 94.5 Å². The maximum atomic E-state index is 12.8. The smallest absolute Gasteiger partial charge is 0.410 e. The molecule has 0 atom stereocenters. The van der Waals surface area contributed by atoms with Crippen molar-refractivity contribution < 1.29 is 22.7 Å². The van der Waals surface area contributed by atoms with Crippen molar-refractivity contribution in [2.75, 3.05) is 44.6 Å². The number of piperazine rings is 1. The molecule has 2 aliphatic heterocycles. The van der Waals surface area contributed by atoms with Gasteiger partial charge in [0.15, 0.2) is 5.82 Å². The maximum absolute atomic E-state index is 12.8. The van der Waals surface area contributed by atoms with Gasteiger partial charge in [-0.1, -0.05) is 0 Å². The number of urea groups is 1. The van der Waals surface area contributed by atoms with Crippen LogP contribution in [0.15, 0.2) is 12.3 Å². The van der Waals surface area contributed by atoms with Gasteiger partial charge in [0.1, 0.15) is 10.9 Å². The van der Waals surface area contributed by atoms with E-state index in [0.29, 0.717) is 5.82 Å². The van der Waals surface area contributed by atoms with Crippen molar-refractivity contribution in [1.82, 2.24) is 23.9 Å². The van der Waals surface area contributed by atoms with E-state index < -0.39 is 27.0 Å². The number of aryl methyl sites for hydroxylation is 1. The molecule has 0 aliphatic carbocycles. The Labute approximate surface area is 170 Å². The monoisotopic (exact) mass is 428 g/mol. The highest BCUT2D eigenvalue weighted by atomic mass is 32.2. The zero-order valence-electron chi connectivity index (χ0n) is 17.2. The predicted molar refractivity (Wildman–Crippen MR) is 106 cm³/mol. The largest absolute Gasteiger partial charge is 0.444 e. The lowest BCUT2D eigenvalue weighted by Gasteiger charge is -2.42. The zero-order valence-corrected chi connectivity index (χ0v) is 18.0. The van der Waals surface area contributed by atoms with Gasteiger partial charge in [-0.05, 0) is 20.8 Å². The van der Waals surface area contributed by atoms with Crippen LogP contribution in [0.5, 0.6) is 0 Å². The van der Waals surface area contributed by atoms with E-state index in [4.69, 9.17) is 4.74 Å². The minimum absolute atomic E-state index is 0.132. The number of hydrogen-bond acceptors (Lipinski definition) is 6. The third-order valence-electron chi connectivity index (χ3n) is 4.76. The summed E-state index contributed by atoms with van der Waals surface area (Å²) in [5.74, 6) is 0.419. The molecule has 3 amide bonds. The van der Waals surface area contributed by atoms with Crippen LogP contribution < -0.4 is 5.32 Å². The minimum Gasteiger partial charge on any atom is -0.444 e. The van der Waals surface area contributed by atoms with E-state index in [2.05, 4.69) is 10.4 Å². The normalized spacial score (nSPS) is 19.0. The van der Waals surface area contributed by atoms with Crippen molar-refractivity contribution in [3.05, 3.63) is 12.3 Å². The van der Waals surface area contributed by atoms with Gasteiger partial charge in [-0.3, -0.25) is 10.00 Å². The number of sulfonamides is 1. The third-order valence-corrected chi connectivity index (χ3v) is 6.98. The van der Waals surface area contributed by atoms with E-state index in [1.54, 1.807) is 44.8 Å². The van der Waals surface area contributed by atoms with E-state index in [-0.39, 0.29) is 45.3 Å². The number of anilines is 1. The number of carbonyl (C=O) groups is 2. The molecule has 0 aromatic carbocycles. The number of hydrogen-bond donors (Lipinski definition) is 1. The average Bonchev–Trinajstić information content (AvgIpc) is 2.96. The summed E-state index contributed by atoms with van der Waals surface area (Å²) in [6, 6.07) is 1.29. The van der Waals surface area contributed by atoms with Gasteiger partial charge in [0, 0.05) is 58.6 Å². The van der Waals surface area contributed by atoms with E-state index in [1.807, 2.05) is 0 Å². The van der Waals surface area contributed by atoms with Gasteiger partial charge in [0.25, 0.3) is 0 Å². The minimum atomic E-state index is -3.53. The molecule has 12 heteroatoms. The number of amides is 3. The number of aromatic nitrogens is 2. The van der Waals surface area contributed by atoms with Crippen LogP contribution in [-0.2, 0) is 21.8 Å². The molecule has 0 bridgehead atoms. The van der Waals surface area contributed by atoms with Gasteiger partial charge in [-0.2, -0.15) is 9.40 Å². The first-order chi connectivity index (χ1) is 13.5. The number of likely N-dealkylation sites (tertiary alicyclic amines) is 1. The molecule has 0 radical (unpaired) electrons. The fourth-order valence-corrected chi connectivity index (χ4v) is 4.96. The Kier molecular flexibility index (Phi) is 5.77. The highest BCUT2D eigenvalue weighted by Crippen LogP contribution is 2.22. The molecule has 3 rings (SSSR count). The van der Waals surface area contributed by atoms with E-state index in [9.17, 15) is 18.0 Å². The topological polar surface area (TPSA) is 117 Å². The van der Waals surface area contributed by atoms with E-state index >= 15 is 0 Å². The Hall–Kier alpha value is -2.34. The van der Waals surface area contributed by atoms with Gasteiger partial charge in [0.05, 0.1) is 0 Å². The second kappa shape index (κ2) is 7.82. The Morgan fingerprint density at radius 1 is 1.14 bits per heavy atom. The van der Waals surface area contributed by atoms with Crippen molar-refractivity contribution in [2.24, 2.45) is 7.05 Å². The van der Waals surface area contributed by atoms with Crippen LogP contribution in [0.2, 0.25) is 0 Å². The van der Waals surface area contributed by atoms with Crippen molar-refractivity contribution in [1.29, 1.82) is 0 Å². The molecule has 2 fully saturated rings. The summed E-state index contributed by atoms with van der Waals surface area (Å²) in [6.45, 7) is 6.64. The first-order valence-corrected chi connectivity index (χ1v) is 11.0. The van der Waals surface area contributed by atoms with Gasteiger partial charge < -0.3 is 14.5 Å². The third kappa shape index (κ3) is 4.99. The summed E-state index contributed by atoms with van der Waals surface area (Å²) in [6.07, 6.45) is 1.27. The lowest BCUT2D eigenvalue weighted by atomic mass is 10.2. The Balaban J connectivity index is 1.47. The number of nitrogens with zero attached hydrogens (tertiary/aromatic N) is 5. The van der Waals surface area contributed by atoms with Gasteiger partial charge >= 0.3 is 12.1 Å². The summed E-state index contributed by atoms with van der Waals surface area (Å²) in [7, 11) is -1.79. The number of ether oxygens (including phenoxy) is 1. The predicted octanol–water partition coefficient (Wildman–Crippen LogP) is 0.519. The fraction of sp³-hybridized carbons (Fsp3) is 0.706. The molecule has 0 unspecified atom stereocenters. The van der Waals surface area contributed by atoms with E-state index in [1.165, 1.54) is 14.1 Å². The summed E-state index contributed by atoms with van der Waals surface area (Å²) < 4.78 is 33.9. The van der Waals surface area contributed by atoms with Crippen LogP contribution >= 0.6 is 0 Å². The standard InChI is InChI=1S/C17H28N6O5S/c1-17(2,3)28-16(25)21-7-9-23(10-8-21)29(26,27)13-11-22(12-13)15(24)18-14-5-6-20(4)19-14/h5-6,13H,7-12H2,1-4H3,(H,18,19,24). The molecule has 3 heterocycles. The number of carbonyl (C=O) groups excluding carboxylic acids is 2. The van der Waals surface area contributed by atoms with Crippen LogP contribution in [0.4, 0.5) is 15.4 Å². The maximum Gasteiger partial charge on any atom is 0.410 e. The quantitative estimate of drug-likeness (QED) is 0.750. The molecular formula is C17H28N6O5S. The molecule has 1 aromatic rings. The van der Waals surface area contributed by atoms with E-state index in [0.717, 1.165) is 0 Å². The lowest BCUT2D eigenvalue weighted by Crippen LogP contribution is -2.62. The first kappa shape index (κ1) is 21.4. The second-order valence-corrected chi connectivity index (χ2v) is 10.5. The zero-order chi connectivity index (χ0) is 21.4. The molecule has 2 aliphatic rings. The molecule has 0 saturated carbocycles. The molecule has 2 saturated heterocycles. The highest BCUT2D eigenvalue weighted by molar-refractivity contribution is 7.89. The Morgan fingerprint density at radius 2 is 1.76 bits per heavy atom. The molecule has 1 N–H and O–H groups in total. The van der Waals surface area contributed by atoms with Crippen molar-refractivity contribution in [3.63, 3.8) is 0 Å². The second-order valence-electron chi connectivity index (χ2n) is 8.24. The van der Waals surface area contributed by atoms with Crippen LogP contribution in [0, 0.1) is 0 Å². The number of rotatable bonds is 3. The van der Waals surface area contributed by atoms with Gasteiger partial charge in [-0.15, -0.1) is 0 Å². The summed E-state index contributed by atoms with van der Waals surface area (Å²) in [5, 5.41) is 6.07. The Morgan fingerprint density at radius 3 is 2.28 bits per heavy atom. The average molecular weight is 429 g/mol. The molecule has 29 heavy (non-hydrogen) atoms. The SMILES string of the molecule is Cn1ccc(NC(=O)N2CC(S(=O)(=O)N3CCN(C(=O)OC(C)(C)C)CC3)C2)n1. The number of nitrogens with one attached hydrogen (secondary N) is 1. The molecular weight excluding hydrogens is 400 g/mol.